The molecule has 0 bridgehead atoms. The van der Waals surface area contributed by atoms with E-state index >= 15 is 0 Å². The SMILES string of the molecule is CCC1(O)C(=O)O[C@@H]2C[C@](C)(O[Si](CC)(CC)CC)C(=O)C[C@@H]21. The van der Waals surface area contributed by atoms with Crippen molar-refractivity contribution in [3.63, 3.8) is 0 Å². The lowest BCUT2D eigenvalue weighted by Crippen LogP contribution is -2.57. The van der Waals surface area contributed by atoms with E-state index in [-0.39, 0.29) is 18.6 Å². The van der Waals surface area contributed by atoms with Crippen LogP contribution in [0.15, 0.2) is 0 Å². The first-order chi connectivity index (χ1) is 10.7. The maximum atomic E-state index is 12.8. The van der Waals surface area contributed by atoms with Crippen molar-refractivity contribution in [3.8, 4) is 0 Å². The third kappa shape index (κ3) is 2.89. The van der Waals surface area contributed by atoms with E-state index in [4.69, 9.17) is 9.16 Å². The Bertz CT molecular complexity index is 481. The molecule has 0 spiro atoms. The minimum absolute atomic E-state index is 0.00356. The number of aliphatic hydroxyl groups is 1. The first-order valence-electron chi connectivity index (χ1n) is 8.87. The molecule has 0 radical (unpaired) electrons. The first kappa shape index (κ1) is 18.6. The van der Waals surface area contributed by atoms with Crippen LogP contribution >= 0.6 is 0 Å². The number of esters is 1. The van der Waals surface area contributed by atoms with Crippen LogP contribution in [0.2, 0.25) is 18.1 Å². The zero-order valence-corrected chi connectivity index (χ0v) is 16.0. The topological polar surface area (TPSA) is 72.8 Å². The van der Waals surface area contributed by atoms with Gasteiger partial charge in [0.05, 0.1) is 0 Å². The molecule has 2 aliphatic rings. The summed E-state index contributed by atoms with van der Waals surface area (Å²) in [5.74, 6) is -1.03. The van der Waals surface area contributed by atoms with E-state index in [1.54, 1.807) is 6.92 Å². The molecule has 4 atom stereocenters. The predicted molar refractivity (Wildman–Crippen MR) is 89.5 cm³/mol. The smallest absolute Gasteiger partial charge is 0.338 e. The van der Waals surface area contributed by atoms with Gasteiger partial charge in [0.25, 0.3) is 0 Å². The molecular weight excluding hydrogens is 312 g/mol. The number of hydrogen-bond acceptors (Lipinski definition) is 5. The Morgan fingerprint density at radius 1 is 1.22 bits per heavy atom. The number of Topliss-reactive ketones (excluding diaryl/α,β-unsaturated/α-hetero) is 1. The van der Waals surface area contributed by atoms with E-state index in [0.29, 0.717) is 6.42 Å². The molecule has 1 saturated heterocycles. The van der Waals surface area contributed by atoms with Gasteiger partial charge in [-0.1, -0.05) is 27.7 Å². The second-order valence-electron chi connectivity index (χ2n) is 7.24. The van der Waals surface area contributed by atoms with Crippen LogP contribution in [0.5, 0.6) is 0 Å². The lowest BCUT2D eigenvalue weighted by atomic mass is 9.70. The Balaban J connectivity index is 2.25. The highest BCUT2D eigenvalue weighted by Crippen LogP contribution is 2.47. The average Bonchev–Trinajstić information content (AvgIpc) is 2.77. The van der Waals surface area contributed by atoms with Crippen LogP contribution in [-0.4, -0.2) is 42.5 Å². The Kier molecular flexibility index (Phi) is 5.09. The molecule has 0 amide bonds. The van der Waals surface area contributed by atoms with Gasteiger partial charge in [0.2, 0.25) is 0 Å². The molecule has 132 valence electrons. The molecule has 1 saturated carbocycles. The molecular formula is C17H30O5Si. The molecule has 0 aromatic rings. The highest BCUT2D eigenvalue weighted by atomic mass is 28.4. The van der Waals surface area contributed by atoms with Crippen molar-refractivity contribution in [2.45, 2.75) is 89.3 Å². The van der Waals surface area contributed by atoms with Gasteiger partial charge < -0.3 is 14.3 Å². The summed E-state index contributed by atoms with van der Waals surface area (Å²) in [5, 5.41) is 10.6. The Morgan fingerprint density at radius 3 is 2.26 bits per heavy atom. The number of carbonyl (C=O) groups excluding carboxylic acids is 2. The summed E-state index contributed by atoms with van der Waals surface area (Å²) in [7, 11) is -1.95. The summed E-state index contributed by atoms with van der Waals surface area (Å²) in [6.07, 6.45) is 0.362. The molecule has 2 fully saturated rings. The summed E-state index contributed by atoms with van der Waals surface area (Å²) in [6.45, 7) is 9.98. The van der Waals surface area contributed by atoms with Crippen LogP contribution < -0.4 is 0 Å². The summed E-state index contributed by atoms with van der Waals surface area (Å²) in [6, 6.07) is 2.90. The normalized spacial score (nSPS) is 37.7. The maximum absolute atomic E-state index is 12.8. The molecule has 6 heteroatoms. The van der Waals surface area contributed by atoms with Gasteiger partial charge in [0, 0.05) is 18.8 Å². The van der Waals surface area contributed by atoms with Crippen LogP contribution in [0.25, 0.3) is 0 Å². The summed E-state index contributed by atoms with van der Waals surface area (Å²) in [5.41, 5.74) is -2.41. The number of carbonyl (C=O) groups is 2. The van der Waals surface area contributed by atoms with Crippen LogP contribution in [0, 0.1) is 5.92 Å². The van der Waals surface area contributed by atoms with Gasteiger partial charge in [0.15, 0.2) is 19.7 Å². The predicted octanol–water partition coefficient (Wildman–Crippen LogP) is 2.81. The Labute approximate surface area is 139 Å². The van der Waals surface area contributed by atoms with Crippen LogP contribution in [0.1, 0.15) is 53.9 Å². The quantitative estimate of drug-likeness (QED) is 0.593. The maximum Gasteiger partial charge on any atom is 0.338 e. The largest absolute Gasteiger partial charge is 0.460 e. The first-order valence-corrected chi connectivity index (χ1v) is 11.4. The van der Waals surface area contributed by atoms with Crippen molar-refractivity contribution in [3.05, 3.63) is 0 Å². The standard InChI is InChI=1S/C17H30O5Si/c1-6-17(20)12-10-14(18)16(5,11-13(12)21-15(17)19)22-23(7-2,8-3)9-4/h12-13,20H,6-11H2,1-5H3/t12-,13+,16-,17?/m0/s1. The van der Waals surface area contributed by atoms with E-state index in [9.17, 15) is 14.7 Å². The van der Waals surface area contributed by atoms with E-state index in [0.717, 1.165) is 18.1 Å². The fourth-order valence-corrected chi connectivity index (χ4v) is 7.21. The monoisotopic (exact) mass is 342 g/mol. The molecule has 1 N–H and O–H groups in total. The number of ketones is 1. The van der Waals surface area contributed by atoms with Crippen LogP contribution in [0.4, 0.5) is 0 Å². The number of hydrogen-bond donors (Lipinski definition) is 1. The summed E-state index contributed by atoms with van der Waals surface area (Å²) in [4.78, 5) is 24.9. The third-order valence-electron chi connectivity index (χ3n) is 6.17. The van der Waals surface area contributed by atoms with Crippen molar-refractivity contribution in [2.75, 3.05) is 0 Å². The van der Waals surface area contributed by atoms with Gasteiger partial charge in [-0.3, -0.25) is 4.79 Å². The third-order valence-corrected chi connectivity index (χ3v) is 10.9. The van der Waals surface area contributed by atoms with Crippen LogP contribution in [0.3, 0.4) is 0 Å². The second-order valence-corrected chi connectivity index (χ2v) is 11.9. The lowest BCUT2D eigenvalue weighted by molar-refractivity contribution is -0.156. The number of fused-ring (bicyclic) bond motifs is 1. The molecule has 23 heavy (non-hydrogen) atoms. The van der Waals surface area contributed by atoms with Crippen molar-refractivity contribution < 1.29 is 23.9 Å². The van der Waals surface area contributed by atoms with Crippen LogP contribution in [-0.2, 0) is 18.8 Å². The fraction of sp³-hybridized carbons (Fsp3) is 0.882. The average molecular weight is 343 g/mol. The molecule has 1 aliphatic carbocycles. The molecule has 2 rings (SSSR count). The summed E-state index contributed by atoms with van der Waals surface area (Å²) >= 11 is 0. The highest BCUT2D eigenvalue weighted by molar-refractivity contribution is 6.73. The second kappa shape index (κ2) is 6.30. The fourth-order valence-electron chi connectivity index (χ4n) is 4.13. The van der Waals surface area contributed by atoms with Crippen molar-refractivity contribution in [1.82, 2.24) is 0 Å². The zero-order chi connectivity index (χ0) is 17.5. The van der Waals surface area contributed by atoms with Gasteiger partial charge in [-0.05, 0) is 31.5 Å². The van der Waals surface area contributed by atoms with Crippen molar-refractivity contribution in [1.29, 1.82) is 0 Å². The Hall–Kier alpha value is -0.723. The van der Waals surface area contributed by atoms with Gasteiger partial charge in [-0.25, -0.2) is 4.79 Å². The number of rotatable bonds is 6. The molecule has 0 aromatic carbocycles. The lowest BCUT2D eigenvalue weighted by Gasteiger charge is -2.44. The highest BCUT2D eigenvalue weighted by Gasteiger charge is 2.62. The van der Waals surface area contributed by atoms with Crippen molar-refractivity contribution >= 4 is 20.1 Å². The molecule has 1 aliphatic heterocycles. The van der Waals surface area contributed by atoms with E-state index in [1.807, 2.05) is 6.92 Å². The van der Waals surface area contributed by atoms with Crippen molar-refractivity contribution in [2.24, 2.45) is 5.92 Å². The van der Waals surface area contributed by atoms with E-state index < -0.39 is 37.5 Å². The van der Waals surface area contributed by atoms with Gasteiger partial charge in [-0.15, -0.1) is 0 Å². The summed E-state index contributed by atoms with van der Waals surface area (Å²) < 4.78 is 11.9. The van der Waals surface area contributed by atoms with Gasteiger partial charge in [0.1, 0.15) is 11.7 Å². The molecule has 0 aromatic heterocycles. The van der Waals surface area contributed by atoms with E-state index in [1.165, 1.54) is 0 Å². The minimum atomic E-state index is -1.95. The van der Waals surface area contributed by atoms with E-state index in [2.05, 4.69) is 20.8 Å². The molecule has 1 heterocycles. The van der Waals surface area contributed by atoms with Gasteiger partial charge in [-0.2, -0.15) is 0 Å². The van der Waals surface area contributed by atoms with Gasteiger partial charge >= 0.3 is 5.97 Å². The minimum Gasteiger partial charge on any atom is -0.460 e. The zero-order valence-electron chi connectivity index (χ0n) is 15.0. The number of ether oxygens (including phenoxy) is 1. The molecule has 1 unspecified atom stereocenters. The molecule has 5 nitrogen and oxygen atoms in total. The Morgan fingerprint density at radius 2 is 1.78 bits per heavy atom.